The number of H-pyrrole nitrogens is 1. The topological polar surface area (TPSA) is 243 Å². The van der Waals surface area contributed by atoms with Crippen molar-refractivity contribution in [2.75, 3.05) is 5.75 Å². The smallest absolute Gasteiger partial charge is 0.328 e. The van der Waals surface area contributed by atoms with E-state index in [2.05, 4.69) is 33.2 Å². The van der Waals surface area contributed by atoms with E-state index in [4.69, 9.17) is 16.6 Å². The average molecular weight is 474 g/mol. The van der Waals surface area contributed by atoms with E-state index >= 15 is 0 Å². The minimum atomic E-state index is -1.69. The van der Waals surface area contributed by atoms with Crippen LogP contribution in [0.2, 0.25) is 0 Å². The van der Waals surface area contributed by atoms with Crippen LogP contribution < -0.4 is 27.4 Å². The number of carboxylic acid groups (broad SMARTS) is 1. The SMILES string of the molecule is CC(O)C(NC(=O)C(CC(N)=O)NC(=O)C(Cc1cnc[nH]1)NC(=O)C(N)CS)C(=O)O. The normalized spacial score (nSPS) is 15.5. The fourth-order valence-electron chi connectivity index (χ4n) is 2.51. The van der Waals surface area contributed by atoms with E-state index in [0.717, 1.165) is 6.92 Å². The summed E-state index contributed by atoms with van der Waals surface area (Å²) in [6.45, 7) is 1.14. The number of thiol groups is 1. The molecule has 0 aromatic carbocycles. The fraction of sp³-hybridized carbons (Fsp3) is 0.529. The zero-order chi connectivity index (χ0) is 24.4. The number of imidazole rings is 1. The van der Waals surface area contributed by atoms with Crippen LogP contribution in [0.1, 0.15) is 19.0 Å². The number of carbonyl (C=O) groups is 5. The highest BCUT2D eigenvalue weighted by molar-refractivity contribution is 7.80. The molecular weight excluding hydrogens is 446 g/mol. The number of carboxylic acids is 1. The quantitative estimate of drug-likeness (QED) is 0.127. The Bertz CT molecular complexity index is 818. The monoisotopic (exact) mass is 473 g/mol. The van der Waals surface area contributed by atoms with Gasteiger partial charge in [-0.3, -0.25) is 19.2 Å². The predicted molar refractivity (Wildman–Crippen MR) is 113 cm³/mol. The first-order valence-corrected chi connectivity index (χ1v) is 10.0. The molecule has 0 aliphatic carbocycles. The van der Waals surface area contributed by atoms with Crippen LogP contribution in [0.25, 0.3) is 0 Å². The molecule has 0 fully saturated rings. The Labute approximate surface area is 188 Å². The number of carbonyl (C=O) groups excluding carboxylic acids is 4. The van der Waals surface area contributed by atoms with Crippen LogP contribution in [0.4, 0.5) is 0 Å². The highest BCUT2D eigenvalue weighted by Gasteiger charge is 2.32. The van der Waals surface area contributed by atoms with Crippen LogP contribution in [0, 0.1) is 0 Å². The van der Waals surface area contributed by atoms with Gasteiger partial charge in [-0.05, 0) is 6.92 Å². The van der Waals surface area contributed by atoms with Gasteiger partial charge < -0.3 is 42.6 Å². The summed E-state index contributed by atoms with van der Waals surface area (Å²) in [5, 5.41) is 25.4. The lowest BCUT2D eigenvalue weighted by atomic mass is 10.1. The molecule has 1 heterocycles. The Morgan fingerprint density at radius 3 is 2.19 bits per heavy atom. The molecular formula is C17H27N7O7S. The van der Waals surface area contributed by atoms with Gasteiger partial charge in [-0.2, -0.15) is 12.6 Å². The zero-order valence-corrected chi connectivity index (χ0v) is 18.0. The molecule has 32 heavy (non-hydrogen) atoms. The molecule has 14 nitrogen and oxygen atoms in total. The molecule has 0 radical (unpaired) electrons. The first-order chi connectivity index (χ1) is 15.0. The largest absolute Gasteiger partial charge is 0.480 e. The average Bonchev–Trinajstić information content (AvgIpc) is 3.22. The van der Waals surface area contributed by atoms with Gasteiger partial charge in [0.1, 0.15) is 12.1 Å². The number of aliphatic hydroxyl groups excluding tert-OH is 1. The second-order valence-electron chi connectivity index (χ2n) is 6.93. The molecule has 178 valence electrons. The Kier molecular flexibility index (Phi) is 10.6. The molecule has 1 aromatic heterocycles. The van der Waals surface area contributed by atoms with Crippen LogP contribution >= 0.6 is 12.6 Å². The van der Waals surface area contributed by atoms with Crippen LogP contribution in [0.5, 0.6) is 0 Å². The summed E-state index contributed by atoms with van der Waals surface area (Å²) in [6.07, 6.45) is 0.588. The lowest BCUT2D eigenvalue weighted by Gasteiger charge is -2.25. The van der Waals surface area contributed by atoms with Crippen molar-refractivity contribution >= 4 is 42.2 Å². The standard InChI is InChI=1S/C17H27N7O7S/c1-7(25)13(17(30)31)24-16(29)11(3-12(19)26)23-15(28)10(2-8-4-20-6-21-8)22-14(27)9(18)5-32/h4,6-7,9-11,13,25,32H,2-3,5,18H2,1H3,(H2,19,26)(H,20,21)(H,22,27)(H,23,28)(H,24,29)(H,30,31). The van der Waals surface area contributed by atoms with Gasteiger partial charge in [0.15, 0.2) is 6.04 Å². The highest BCUT2D eigenvalue weighted by Crippen LogP contribution is 2.03. The molecule has 0 saturated carbocycles. The molecule has 0 spiro atoms. The van der Waals surface area contributed by atoms with Crippen molar-refractivity contribution in [3.63, 3.8) is 0 Å². The Balaban J connectivity index is 3.04. The van der Waals surface area contributed by atoms with E-state index in [9.17, 15) is 29.1 Å². The fourth-order valence-corrected chi connectivity index (χ4v) is 2.68. The third-order valence-corrected chi connectivity index (χ3v) is 4.62. The first kappa shape index (κ1) is 26.9. The minimum Gasteiger partial charge on any atom is -0.480 e. The van der Waals surface area contributed by atoms with E-state index in [1.54, 1.807) is 0 Å². The van der Waals surface area contributed by atoms with Crippen molar-refractivity contribution in [3.05, 3.63) is 18.2 Å². The molecule has 0 bridgehead atoms. The number of aliphatic hydroxyl groups is 1. The van der Waals surface area contributed by atoms with Gasteiger partial charge >= 0.3 is 5.97 Å². The number of aliphatic carboxylic acids is 1. The molecule has 15 heteroatoms. The van der Waals surface area contributed by atoms with Gasteiger partial charge in [0.25, 0.3) is 0 Å². The van der Waals surface area contributed by atoms with Crippen LogP contribution in [-0.2, 0) is 30.4 Å². The predicted octanol–water partition coefficient (Wildman–Crippen LogP) is -4.00. The van der Waals surface area contributed by atoms with Crippen LogP contribution in [0.15, 0.2) is 12.5 Å². The summed E-state index contributed by atoms with van der Waals surface area (Å²) in [6, 6.07) is -5.50. The number of rotatable bonds is 13. The molecule has 1 rings (SSSR count). The van der Waals surface area contributed by atoms with Crippen molar-refractivity contribution in [3.8, 4) is 0 Å². The number of hydrogen-bond donors (Lipinski definition) is 9. The maximum absolute atomic E-state index is 12.8. The van der Waals surface area contributed by atoms with Gasteiger partial charge in [0.05, 0.1) is 24.9 Å². The number of nitrogens with zero attached hydrogens (tertiary/aromatic N) is 1. The molecule has 5 unspecified atom stereocenters. The number of nitrogens with one attached hydrogen (secondary N) is 4. The maximum Gasteiger partial charge on any atom is 0.328 e. The molecule has 0 aliphatic rings. The van der Waals surface area contributed by atoms with E-state index < -0.39 is 66.3 Å². The second-order valence-corrected chi connectivity index (χ2v) is 7.29. The third-order valence-electron chi connectivity index (χ3n) is 4.23. The van der Waals surface area contributed by atoms with E-state index in [0.29, 0.717) is 5.69 Å². The number of nitrogens with two attached hydrogens (primary N) is 2. The van der Waals surface area contributed by atoms with Gasteiger partial charge in [0.2, 0.25) is 23.6 Å². The number of primary amides is 1. The minimum absolute atomic E-state index is 0.00680. The molecule has 5 atom stereocenters. The summed E-state index contributed by atoms with van der Waals surface area (Å²) in [5.74, 6) is -5.10. The van der Waals surface area contributed by atoms with Gasteiger partial charge in [-0.25, -0.2) is 9.78 Å². The lowest BCUT2D eigenvalue weighted by Crippen LogP contribution is -2.59. The van der Waals surface area contributed by atoms with Gasteiger partial charge in [0, 0.05) is 24.1 Å². The van der Waals surface area contributed by atoms with Gasteiger partial charge in [-0.1, -0.05) is 0 Å². The number of hydrogen-bond acceptors (Lipinski definition) is 9. The summed E-state index contributed by atoms with van der Waals surface area (Å²) in [7, 11) is 0. The maximum atomic E-state index is 12.8. The number of amides is 4. The number of aromatic amines is 1. The van der Waals surface area contributed by atoms with E-state index in [1.165, 1.54) is 12.5 Å². The van der Waals surface area contributed by atoms with Crippen molar-refractivity contribution in [2.24, 2.45) is 11.5 Å². The zero-order valence-electron chi connectivity index (χ0n) is 17.1. The summed E-state index contributed by atoms with van der Waals surface area (Å²) >= 11 is 3.93. The summed E-state index contributed by atoms with van der Waals surface area (Å²) < 4.78 is 0. The highest BCUT2D eigenvalue weighted by atomic mass is 32.1. The second kappa shape index (κ2) is 12.6. The summed E-state index contributed by atoms with van der Waals surface area (Å²) in [5.41, 5.74) is 11.2. The van der Waals surface area contributed by atoms with E-state index in [1.807, 2.05) is 5.32 Å². The van der Waals surface area contributed by atoms with Crippen molar-refractivity contribution in [1.82, 2.24) is 25.9 Å². The Hall–Kier alpha value is -3.17. The molecule has 10 N–H and O–H groups in total. The summed E-state index contributed by atoms with van der Waals surface area (Å²) in [4.78, 5) is 66.7. The van der Waals surface area contributed by atoms with Crippen molar-refractivity contribution in [2.45, 2.75) is 50.0 Å². The first-order valence-electron chi connectivity index (χ1n) is 9.40. The van der Waals surface area contributed by atoms with Crippen molar-refractivity contribution in [1.29, 1.82) is 0 Å². The Morgan fingerprint density at radius 1 is 1.12 bits per heavy atom. The third kappa shape index (κ3) is 8.52. The lowest BCUT2D eigenvalue weighted by molar-refractivity contribution is -0.145. The molecule has 0 saturated heterocycles. The Morgan fingerprint density at radius 2 is 1.72 bits per heavy atom. The van der Waals surface area contributed by atoms with Crippen LogP contribution in [0.3, 0.4) is 0 Å². The molecule has 1 aromatic rings. The van der Waals surface area contributed by atoms with Crippen molar-refractivity contribution < 1.29 is 34.2 Å². The molecule has 0 aliphatic heterocycles. The van der Waals surface area contributed by atoms with Crippen LogP contribution in [-0.4, -0.2) is 85.8 Å². The number of aromatic nitrogens is 2. The van der Waals surface area contributed by atoms with Gasteiger partial charge in [-0.15, -0.1) is 0 Å². The van der Waals surface area contributed by atoms with E-state index in [-0.39, 0.29) is 12.2 Å². The molecule has 4 amide bonds.